The minimum absolute atomic E-state index is 0.263. The summed E-state index contributed by atoms with van der Waals surface area (Å²) in [6, 6.07) is 0.560. The van der Waals surface area contributed by atoms with Crippen molar-refractivity contribution in [2.24, 2.45) is 11.1 Å². The number of nitrogens with zero attached hydrogens (tertiary/aromatic N) is 1. The molecule has 0 aliphatic heterocycles. The molecular weight excluding hydrogens is 327 g/mol. The van der Waals surface area contributed by atoms with Gasteiger partial charge in [-0.2, -0.15) is 18.4 Å². The van der Waals surface area contributed by atoms with Crippen molar-refractivity contribution in [3.8, 4) is 6.07 Å². The van der Waals surface area contributed by atoms with Crippen LogP contribution in [0.15, 0.2) is 0 Å². The number of hydrogen-bond acceptors (Lipinski definition) is 6. The van der Waals surface area contributed by atoms with Crippen LogP contribution in [-0.2, 0) is 19.6 Å². The Morgan fingerprint density at radius 2 is 2.05 bits per heavy atom. The van der Waals surface area contributed by atoms with Crippen molar-refractivity contribution in [2.75, 3.05) is 19.0 Å². The van der Waals surface area contributed by atoms with E-state index in [0.29, 0.717) is 12.8 Å². The number of amides is 1. The first-order valence-electron chi connectivity index (χ1n) is 6.34. The van der Waals surface area contributed by atoms with Gasteiger partial charge in [0.15, 0.2) is 0 Å². The number of nitriles is 1. The Labute approximate surface area is 125 Å². The number of sulfonamides is 1. The molecule has 1 unspecified atom stereocenters. The molecule has 1 fully saturated rings. The highest BCUT2D eigenvalue weighted by atomic mass is 32.2. The molecule has 0 heterocycles. The molecule has 3 N–H and O–H groups in total. The summed E-state index contributed by atoms with van der Waals surface area (Å²) < 4.78 is 64.9. The van der Waals surface area contributed by atoms with Crippen LogP contribution in [0.1, 0.15) is 19.3 Å². The molecule has 1 saturated carbocycles. The lowest BCUT2D eigenvalue weighted by atomic mass is 10.2. The number of ether oxygens (including phenoxy) is 1. The monoisotopic (exact) mass is 343 g/mol. The largest absolute Gasteiger partial charge is 0.411 e. The summed E-state index contributed by atoms with van der Waals surface area (Å²) in [7, 11) is -4.01. The zero-order chi connectivity index (χ0) is 17.0. The molecule has 0 aromatic heterocycles. The quantitative estimate of drug-likeness (QED) is 0.600. The third-order valence-electron chi connectivity index (χ3n) is 2.99. The molecule has 0 spiro atoms. The summed E-state index contributed by atoms with van der Waals surface area (Å²) in [5.74, 6) is -1.54. The van der Waals surface area contributed by atoms with Gasteiger partial charge in [-0.15, -0.1) is 0 Å². The van der Waals surface area contributed by atoms with Gasteiger partial charge in [0.2, 0.25) is 15.9 Å². The molecule has 126 valence electrons. The molecule has 22 heavy (non-hydrogen) atoms. The van der Waals surface area contributed by atoms with Crippen LogP contribution in [-0.4, -0.2) is 45.5 Å². The van der Waals surface area contributed by atoms with Gasteiger partial charge in [-0.05, 0) is 19.3 Å². The van der Waals surface area contributed by atoms with Gasteiger partial charge in [0.1, 0.15) is 6.61 Å². The lowest BCUT2D eigenvalue weighted by Crippen LogP contribution is -2.45. The van der Waals surface area contributed by atoms with Crippen molar-refractivity contribution in [3.63, 3.8) is 0 Å². The summed E-state index contributed by atoms with van der Waals surface area (Å²) in [6.45, 7) is -1.90. The molecule has 1 aliphatic rings. The van der Waals surface area contributed by atoms with Crippen LogP contribution >= 0.6 is 0 Å². The molecule has 0 saturated heterocycles. The fourth-order valence-corrected chi connectivity index (χ4v) is 3.21. The molecule has 7 nitrogen and oxygen atoms in total. The highest BCUT2D eigenvalue weighted by molar-refractivity contribution is 7.90. The van der Waals surface area contributed by atoms with Gasteiger partial charge in [0.25, 0.3) is 0 Å². The van der Waals surface area contributed by atoms with E-state index >= 15 is 0 Å². The van der Waals surface area contributed by atoms with Crippen LogP contribution in [0.3, 0.4) is 0 Å². The van der Waals surface area contributed by atoms with E-state index in [1.807, 2.05) is 6.07 Å². The highest BCUT2D eigenvalue weighted by Gasteiger charge is 2.47. The Hall–Kier alpha value is -1.38. The van der Waals surface area contributed by atoms with E-state index in [2.05, 4.69) is 4.74 Å². The van der Waals surface area contributed by atoms with E-state index in [4.69, 9.17) is 11.0 Å². The molecule has 0 radical (unpaired) electrons. The van der Waals surface area contributed by atoms with E-state index in [0.717, 1.165) is 0 Å². The van der Waals surface area contributed by atoms with E-state index < -0.39 is 52.5 Å². The maximum Gasteiger partial charge on any atom is 0.411 e. The second kappa shape index (κ2) is 6.80. The number of alkyl halides is 3. The van der Waals surface area contributed by atoms with Gasteiger partial charge in [-0.1, -0.05) is 0 Å². The van der Waals surface area contributed by atoms with Gasteiger partial charge in [0, 0.05) is 6.61 Å². The average molecular weight is 343 g/mol. The SMILES string of the molecule is N#CC1(CS(=O)(=O)NC(=O)C(N)CCOCC(F)(F)F)CC1. The maximum absolute atomic E-state index is 11.8. The Morgan fingerprint density at radius 3 is 2.50 bits per heavy atom. The minimum Gasteiger partial charge on any atom is -0.372 e. The Morgan fingerprint density at radius 1 is 1.45 bits per heavy atom. The number of rotatable bonds is 8. The van der Waals surface area contributed by atoms with Crippen LogP contribution < -0.4 is 10.5 Å². The predicted molar refractivity (Wildman–Crippen MR) is 68.7 cm³/mol. The standard InChI is InChI=1S/C11H16F3N3O4S/c12-11(13,14)6-21-4-1-8(16)9(18)17-22(19,20)7-10(5-15)2-3-10/h8H,1-4,6-7,16H2,(H,17,18). The van der Waals surface area contributed by atoms with Gasteiger partial charge in [0.05, 0.1) is 23.3 Å². The highest BCUT2D eigenvalue weighted by Crippen LogP contribution is 2.45. The van der Waals surface area contributed by atoms with Crippen molar-refractivity contribution >= 4 is 15.9 Å². The van der Waals surface area contributed by atoms with Crippen LogP contribution in [0, 0.1) is 16.7 Å². The first kappa shape index (κ1) is 18.7. The fourth-order valence-electron chi connectivity index (χ4n) is 1.60. The Bertz CT molecular complexity index is 552. The number of carbonyl (C=O) groups is 1. The van der Waals surface area contributed by atoms with Crippen LogP contribution in [0.2, 0.25) is 0 Å². The zero-order valence-corrected chi connectivity index (χ0v) is 12.3. The van der Waals surface area contributed by atoms with Crippen molar-refractivity contribution in [2.45, 2.75) is 31.5 Å². The summed E-state index contributed by atoms with van der Waals surface area (Å²) >= 11 is 0. The molecule has 1 aliphatic carbocycles. The van der Waals surface area contributed by atoms with Crippen LogP contribution in [0.25, 0.3) is 0 Å². The minimum atomic E-state index is -4.48. The van der Waals surface area contributed by atoms with Gasteiger partial charge >= 0.3 is 6.18 Å². The van der Waals surface area contributed by atoms with Crippen molar-refractivity contribution in [3.05, 3.63) is 0 Å². The first-order chi connectivity index (χ1) is 9.99. The van der Waals surface area contributed by atoms with Gasteiger partial charge < -0.3 is 10.5 Å². The molecular formula is C11H16F3N3O4S. The summed E-state index contributed by atoms with van der Waals surface area (Å²) in [5, 5.41) is 8.81. The van der Waals surface area contributed by atoms with E-state index in [1.165, 1.54) is 0 Å². The fraction of sp³-hybridized carbons (Fsp3) is 0.818. The Kier molecular flexibility index (Phi) is 5.77. The number of nitrogens with one attached hydrogen (secondary N) is 1. The number of hydrogen-bond donors (Lipinski definition) is 2. The molecule has 0 aromatic rings. The number of carbonyl (C=O) groups excluding carboxylic acids is 1. The molecule has 1 amide bonds. The van der Waals surface area contributed by atoms with E-state index in [-0.39, 0.29) is 6.42 Å². The number of nitrogens with two attached hydrogens (primary N) is 1. The second-order valence-corrected chi connectivity index (χ2v) is 6.90. The maximum atomic E-state index is 11.8. The zero-order valence-electron chi connectivity index (χ0n) is 11.5. The van der Waals surface area contributed by atoms with Gasteiger partial charge in [-0.3, -0.25) is 9.52 Å². The van der Waals surface area contributed by atoms with E-state index in [9.17, 15) is 26.4 Å². The van der Waals surface area contributed by atoms with E-state index in [1.54, 1.807) is 4.72 Å². The average Bonchev–Trinajstić information content (AvgIpc) is 3.12. The normalized spacial score (nSPS) is 18.3. The second-order valence-electron chi connectivity index (χ2n) is 5.18. The molecule has 0 bridgehead atoms. The third-order valence-corrected chi connectivity index (χ3v) is 4.43. The molecule has 1 atom stereocenters. The van der Waals surface area contributed by atoms with Crippen LogP contribution in [0.5, 0.6) is 0 Å². The summed E-state index contributed by atoms with van der Waals surface area (Å²) in [4.78, 5) is 11.6. The Balaban J connectivity index is 2.36. The molecule has 11 heteroatoms. The van der Waals surface area contributed by atoms with Crippen molar-refractivity contribution < 1.29 is 31.1 Å². The smallest absolute Gasteiger partial charge is 0.372 e. The lowest BCUT2D eigenvalue weighted by molar-refractivity contribution is -0.174. The lowest BCUT2D eigenvalue weighted by Gasteiger charge is -2.14. The van der Waals surface area contributed by atoms with Gasteiger partial charge in [-0.25, -0.2) is 8.42 Å². The molecule has 1 rings (SSSR count). The third kappa shape index (κ3) is 6.59. The van der Waals surface area contributed by atoms with Crippen molar-refractivity contribution in [1.29, 1.82) is 5.26 Å². The number of halogens is 3. The summed E-state index contributed by atoms with van der Waals surface area (Å²) in [6.07, 6.45) is -3.86. The first-order valence-corrected chi connectivity index (χ1v) is 7.99. The molecule has 0 aromatic carbocycles. The summed E-state index contributed by atoms with van der Waals surface area (Å²) in [5.41, 5.74) is 4.43. The van der Waals surface area contributed by atoms with Crippen LogP contribution in [0.4, 0.5) is 13.2 Å². The van der Waals surface area contributed by atoms with Crippen molar-refractivity contribution in [1.82, 2.24) is 4.72 Å². The predicted octanol–water partition coefficient (Wildman–Crippen LogP) is 0.0325. The topological polar surface area (TPSA) is 122 Å².